The van der Waals surface area contributed by atoms with E-state index in [1.807, 2.05) is 0 Å². The average Bonchev–Trinajstić information content (AvgIpc) is 2.80. The van der Waals surface area contributed by atoms with E-state index in [-0.39, 0.29) is 149 Å². The Kier molecular flexibility index (Phi) is 64.9. The van der Waals surface area contributed by atoms with Crippen LogP contribution >= 0.6 is 21.4 Å². The van der Waals surface area contributed by atoms with Gasteiger partial charge in [0.15, 0.2) is 11.6 Å². The van der Waals surface area contributed by atoms with Crippen LogP contribution in [0.1, 0.15) is 125 Å². The second kappa shape index (κ2) is 63.4. The average molecular weight is 1390 g/mol. The van der Waals surface area contributed by atoms with Crippen molar-refractivity contribution in [3.8, 4) is 0 Å². The zero-order chi connectivity index (χ0) is 64.7. The maximum absolute atomic E-state index is 11.9. The number of ether oxygens (including phenoxy) is 8. The van der Waals surface area contributed by atoms with E-state index in [1.165, 1.54) is 24.3 Å². The van der Waals surface area contributed by atoms with Crippen LogP contribution in [-0.2, 0) is 131 Å². The van der Waals surface area contributed by atoms with E-state index in [4.69, 9.17) is 55.1 Å². The lowest BCUT2D eigenvalue weighted by Crippen LogP contribution is -2.36. The molecule has 0 aromatic heterocycles. The van der Waals surface area contributed by atoms with E-state index in [2.05, 4.69) is 46.1 Å². The monoisotopic (exact) mass is 1390 g/mol. The summed E-state index contributed by atoms with van der Waals surface area (Å²) < 4.78 is 42.7. The van der Waals surface area contributed by atoms with Crippen molar-refractivity contribution in [3.05, 3.63) is 24.3 Å². The van der Waals surface area contributed by atoms with Gasteiger partial charge in [-0.2, -0.15) is 0 Å². The van der Waals surface area contributed by atoms with Crippen molar-refractivity contribution in [2.24, 2.45) is 17.2 Å². The smallest absolute Gasteiger partial charge is 0.253 e. The normalized spacial score (nSPS) is 12.9. The highest BCUT2D eigenvalue weighted by atomic mass is 32.7. The van der Waals surface area contributed by atoms with E-state index in [9.17, 15) is 57.5 Å². The number of nitrogens with two attached hydrogens (primary N) is 3. The molecule has 7 amide bonds. The quantitative estimate of drug-likeness (QED) is 0.0331. The van der Waals surface area contributed by atoms with E-state index in [0.717, 1.165) is 30.3 Å². The summed E-state index contributed by atoms with van der Waals surface area (Å²) in [5.74, 6) is -2.76. The summed E-state index contributed by atoms with van der Waals surface area (Å²) in [6, 6.07) is -1.20. The summed E-state index contributed by atoms with van der Waals surface area (Å²) in [6.07, 6.45) is 12.2. The minimum Gasteiger partial charge on any atom is -0.379 e. The van der Waals surface area contributed by atoms with Gasteiger partial charge in [-0.15, -0.1) is 0 Å². The lowest BCUT2D eigenvalue weighted by Gasteiger charge is -2.12. The molecule has 0 fully saturated rings. The predicted molar refractivity (Wildman–Crippen MR) is 351 cm³/mol. The molecule has 0 aromatic carbocycles. The number of unbranched alkanes of at least 4 members (excludes halogenated alkanes) is 2. The largest absolute Gasteiger partial charge is 0.379 e. The van der Waals surface area contributed by atoms with Crippen molar-refractivity contribution >= 4 is 127 Å². The molecule has 2 aliphatic heterocycles. The SMILES string of the molecule is C.C.C.NC(=O)C(N)CCCCNC(=O)COCCOCCCC(=O)COCCOCCCC(=O)CCN1C(=O)C=CC1=O.NC(CCCCNC(=O)COCCOCCCC(=O)COCCOCCCC(=O)CCN1C(=O)C=CC1=O)C(=O)P=S.S=PP=S. The van der Waals surface area contributed by atoms with Crippen LogP contribution in [0.3, 0.4) is 0 Å². The summed E-state index contributed by atoms with van der Waals surface area (Å²) in [4.78, 5) is 141. The number of rotatable bonds is 56. The molecule has 8 N–H and O–H groups in total. The van der Waals surface area contributed by atoms with Crippen LogP contribution in [0.5, 0.6) is 0 Å². The lowest BCUT2D eigenvalue weighted by molar-refractivity contribution is -0.139. The molecule has 2 rings (SSSR count). The topological polar surface area (TPSA) is 387 Å². The first kappa shape index (κ1) is 92.1. The molecule has 33 heteroatoms. The number of carbonyl (C=O) groups is 12. The summed E-state index contributed by atoms with van der Waals surface area (Å²) in [5.41, 5.74) is 16.1. The molecule has 90 heavy (non-hydrogen) atoms. The standard InChI is InChI=1S/C27H44N4O10.C27H42N3O10PS.3CH4.P2S2/c28-23(27(29)37)7-1-2-11-30-24(34)20-41-18-16-39-14-4-6-22(33)19-40-17-15-38-13-3-5-21(32)10-12-31-25(35)8-9-26(31)36;28-23(27(36)41-42)7-1-2-11-29-24(33)20-40-18-16-38-14-4-6-22(32)19-39-17-15-37-13-3-5-21(31)10-12-30-25(34)8-9-26(30)35;;;;3-1-2-4/h8-9,23H,1-7,10-20,28H2,(H2,29,37)(H,30,34);8-9,23H,1-7,10-20,28H2,(H,29,33);3*1H4;. The number of hydrogen-bond donors (Lipinski definition) is 5. The molecule has 0 radical (unpaired) electrons. The summed E-state index contributed by atoms with van der Waals surface area (Å²) in [7, 11) is 1.99. The molecule has 0 bridgehead atoms. The fourth-order valence-corrected chi connectivity index (χ4v) is 7.78. The van der Waals surface area contributed by atoms with Gasteiger partial charge in [0.25, 0.3) is 23.6 Å². The summed E-state index contributed by atoms with van der Waals surface area (Å²) >= 11 is 13.5. The molecule has 2 atom stereocenters. The first-order valence-corrected chi connectivity index (χ1v) is 34.9. The molecule has 0 saturated heterocycles. The highest BCUT2D eigenvalue weighted by Gasteiger charge is 2.25. The molecule has 0 spiro atoms. The van der Waals surface area contributed by atoms with E-state index >= 15 is 0 Å². The summed E-state index contributed by atoms with van der Waals surface area (Å²) in [6.45, 7) is 4.72. The fourth-order valence-electron chi connectivity index (χ4n) is 7.11. The van der Waals surface area contributed by atoms with Gasteiger partial charge >= 0.3 is 0 Å². The van der Waals surface area contributed by atoms with Crippen molar-refractivity contribution in [3.63, 3.8) is 0 Å². The Balaban J connectivity index is -0.000000751. The van der Waals surface area contributed by atoms with Crippen LogP contribution < -0.4 is 27.8 Å². The van der Waals surface area contributed by atoms with Crippen LogP contribution in [0.2, 0.25) is 0 Å². The number of amides is 7. The molecule has 2 unspecified atom stereocenters. The number of Topliss-reactive ketones (excluding diaryl/α,β-unsaturated/α-hetero) is 4. The number of nitrogens with one attached hydrogen (secondary N) is 2. The maximum Gasteiger partial charge on any atom is 0.253 e. The van der Waals surface area contributed by atoms with Gasteiger partial charge in [-0.05, 0) is 99.6 Å². The molecule has 0 saturated carbocycles. The van der Waals surface area contributed by atoms with Gasteiger partial charge in [0.05, 0.1) is 72.3 Å². The molecule has 27 nitrogen and oxygen atoms in total. The molecule has 0 aromatic rings. The van der Waals surface area contributed by atoms with Crippen molar-refractivity contribution in [1.29, 1.82) is 0 Å². The van der Waals surface area contributed by atoms with E-state index in [1.54, 1.807) is 0 Å². The van der Waals surface area contributed by atoms with Gasteiger partial charge in [0.2, 0.25) is 23.2 Å². The van der Waals surface area contributed by atoms with Gasteiger partial charge in [0.1, 0.15) is 38.0 Å². The molecular formula is C57H98N7O20P3S3. The van der Waals surface area contributed by atoms with Crippen LogP contribution in [0, 0.1) is 0 Å². The number of carbonyl (C=O) groups excluding carboxylic acids is 12. The Hall–Kier alpha value is -4.32. The Morgan fingerprint density at radius 2 is 0.711 bits per heavy atom. The van der Waals surface area contributed by atoms with Crippen molar-refractivity contribution in [2.45, 2.75) is 137 Å². The zero-order valence-corrected chi connectivity index (χ0v) is 54.4. The highest BCUT2D eigenvalue weighted by molar-refractivity contribution is 8.40. The van der Waals surface area contributed by atoms with E-state index < -0.39 is 41.6 Å². The van der Waals surface area contributed by atoms with Crippen LogP contribution in [0.25, 0.3) is 0 Å². The Morgan fingerprint density at radius 1 is 0.411 bits per heavy atom. The third-order valence-electron chi connectivity index (χ3n) is 11.8. The Bertz CT molecular complexity index is 2180. The third-order valence-corrected chi connectivity index (χ3v) is 15.5. The fraction of sp³-hybridized carbons (Fsp3) is 0.719. The zero-order valence-electron chi connectivity index (χ0n) is 49.3. The highest BCUT2D eigenvalue weighted by Crippen LogP contribution is 2.11. The second-order valence-electron chi connectivity index (χ2n) is 19.0. The lowest BCUT2D eigenvalue weighted by atomic mass is 10.1. The number of primary amides is 1. The van der Waals surface area contributed by atoms with Crippen molar-refractivity contribution in [2.75, 3.05) is 132 Å². The molecule has 2 aliphatic rings. The first-order chi connectivity index (χ1) is 41.9. The molecular weight excluding hydrogens is 1290 g/mol. The van der Waals surface area contributed by atoms with Gasteiger partial charge in [-0.3, -0.25) is 67.3 Å². The van der Waals surface area contributed by atoms with Gasteiger partial charge < -0.3 is 65.7 Å². The van der Waals surface area contributed by atoms with Crippen molar-refractivity contribution in [1.82, 2.24) is 20.4 Å². The number of imide groups is 2. The molecule has 2 heterocycles. The first-order valence-electron chi connectivity index (χ1n) is 28.5. The minimum absolute atomic E-state index is 0. The van der Waals surface area contributed by atoms with Crippen LogP contribution in [0.15, 0.2) is 24.3 Å². The number of nitrogens with zero attached hydrogens (tertiary/aromatic N) is 2. The van der Waals surface area contributed by atoms with Gasteiger partial charge in [-0.1, -0.05) is 22.3 Å². The molecule has 514 valence electrons. The van der Waals surface area contributed by atoms with Crippen molar-refractivity contribution < 1.29 is 95.4 Å². The third kappa shape index (κ3) is 54.3. The maximum atomic E-state index is 11.9. The minimum atomic E-state index is -0.658. The molecule has 0 aliphatic carbocycles. The van der Waals surface area contributed by atoms with Crippen LogP contribution in [-0.4, -0.2) is 224 Å². The number of ketones is 4. The summed E-state index contributed by atoms with van der Waals surface area (Å²) in [5, 5.41) is 5.44. The van der Waals surface area contributed by atoms with Gasteiger partial charge in [0, 0.05) is 130 Å². The Morgan fingerprint density at radius 3 is 1.02 bits per heavy atom. The van der Waals surface area contributed by atoms with Crippen LogP contribution in [0.4, 0.5) is 0 Å². The van der Waals surface area contributed by atoms with E-state index in [0.29, 0.717) is 149 Å². The number of hydrogen-bond acceptors (Lipinski definition) is 25. The Labute approximate surface area is 550 Å². The second-order valence-corrected chi connectivity index (χ2v) is 24.4. The van der Waals surface area contributed by atoms with Gasteiger partial charge in [-0.25, -0.2) is 0 Å². The predicted octanol–water partition coefficient (Wildman–Crippen LogP) is 3.41.